The lowest BCUT2D eigenvalue weighted by molar-refractivity contribution is 0.962. The molecule has 0 spiro atoms. The zero-order valence-electron chi connectivity index (χ0n) is 8.97. The Morgan fingerprint density at radius 1 is 1.33 bits per heavy atom. The topological polar surface area (TPSA) is 45.8 Å². The van der Waals surface area contributed by atoms with Crippen molar-refractivity contribution in [3.05, 3.63) is 34.8 Å². The van der Waals surface area contributed by atoms with E-state index in [1.54, 1.807) is 11.3 Å². The lowest BCUT2D eigenvalue weighted by Gasteiger charge is -2.03. The van der Waals surface area contributed by atoms with Gasteiger partial charge < -0.3 is 4.98 Å². The van der Waals surface area contributed by atoms with Crippen LogP contribution in [-0.2, 0) is 0 Å². The predicted octanol–water partition coefficient (Wildman–Crippen LogP) is 4.66. The summed E-state index contributed by atoms with van der Waals surface area (Å²) in [6, 6.07) is 1.96. The van der Waals surface area contributed by atoms with E-state index < -0.39 is 0 Å². The first-order valence-corrected chi connectivity index (χ1v) is 8.50. The van der Waals surface area contributed by atoms with Crippen molar-refractivity contribution in [3.8, 4) is 10.7 Å². The molecular weight excluding hydrogens is 448 g/mol. The van der Waals surface area contributed by atoms with Crippen molar-refractivity contribution in [2.45, 2.75) is 18.8 Å². The second-order valence-electron chi connectivity index (χ2n) is 4.12. The number of rotatable bonds is 2. The highest BCUT2D eigenvalue weighted by Crippen LogP contribution is 2.42. The molecule has 3 rings (SSSR count). The van der Waals surface area contributed by atoms with Crippen molar-refractivity contribution >= 4 is 59.1 Å². The summed E-state index contributed by atoms with van der Waals surface area (Å²) in [5.41, 5.74) is 0.775. The average molecular weight is 455 g/mol. The van der Waals surface area contributed by atoms with E-state index in [2.05, 4.69) is 57.8 Å². The molecule has 0 aliphatic heterocycles. The van der Waals surface area contributed by atoms with Crippen LogP contribution in [0.5, 0.6) is 0 Å². The molecule has 0 unspecified atom stereocenters. The Hall–Kier alpha value is 0.0200. The summed E-state index contributed by atoms with van der Waals surface area (Å²) in [7, 11) is 0. The van der Waals surface area contributed by atoms with Gasteiger partial charge in [0.2, 0.25) is 0 Å². The van der Waals surface area contributed by atoms with Crippen LogP contribution in [0.3, 0.4) is 0 Å². The molecule has 0 aromatic carbocycles. The van der Waals surface area contributed by atoms with Crippen LogP contribution in [-0.4, -0.2) is 9.97 Å². The summed E-state index contributed by atoms with van der Waals surface area (Å²) in [5, 5.41) is 0. The van der Waals surface area contributed by atoms with Crippen molar-refractivity contribution in [2.24, 2.45) is 0 Å². The predicted molar refractivity (Wildman–Crippen MR) is 83.2 cm³/mol. The van der Waals surface area contributed by atoms with Gasteiger partial charge in [-0.2, -0.15) is 0 Å². The fraction of sp³-hybridized carbons (Fsp3) is 0.273. The van der Waals surface area contributed by atoms with E-state index in [1.807, 2.05) is 6.07 Å². The number of halogens is 3. The minimum Gasteiger partial charge on any atom is -0.305 e. The highest BCUT2D eigenvalue weighted by Gasteiger charge is 2.29. The lowest BCUT2D eigenvalue weighted by Crippen LogP contribution is -2.12. The van der Waals surface area contributed by atoms with E-state index in [9.17, 15) is 4.79 Å². The largest absolute Gasteiger partial charge is 0.305 e. The molecule has 1 aliphatic carbocycles. The molecule has 18 heavy (non-hydrogen) atoms. The molecule has 2 heterocycles. The standard InChI is InChI=1S/C11H7Br3N2OS/c12-5-3-6(18-9(5)14)10-15-8(4-1-2-4)7(13)11(17)16-10/h3-4H,1-2H2,(H,15,16,17). The molecule has 0 radical (unpaired) electrons. The van der Waals surface area contributed by atoms with Crippen LogP contribution in [0, 0.1) is 0 Å². The van der Waals surface area contributed by atoms with Crippen molar-refractivity contribution in [2.75, 3.05) is 0 Å². The van der Waals surface area contributed by atoms with E-state index in [0.717, 1.165) is 31.7 Å². The van der Waals surface area contributed by atoms with Gasteiger partial charge in [-0.3, -0.25) is 4.79 Å². The van der Waals surface area contributed by atoms with Crippen LogP contribution < -0.4 is 5.56 Å². The highest BCUT2D eigenvalue weighted by atomic mass is 79.9. The first kappa shape index (κ1) is 13.0. The average Bonchev–Trinajstić information content (AvgIpc) is 3.10. The second-order valence-corrected chi connectivity index (χ2v) is 8.14. The summed E-state index contributed by atoms with van der Waals surface area (Å²) in [4.78, 5) is 20.2. The van der Waals surface area contributed by atoms with E-state index in [1.165, 1.54) is 0 Å². The number of aromatic nitrogens is 2. The number of H-pyrrole nitrogens is 1. The maximum atomic E-state index is 11.9. The summed E-state index contributed by atoms with van der Waals surface area (Å²) in [6.45, 7) is 0. The van der Waals surface area contributed by atoms with Gasteiger partial charge in [0.1, 0.15) is 4.47 Å². The smallest absolute Gasteiger partial charge is 0.265 e. The fourth-order valence-electron chi connectivity index (χ4n) is 1.68. The zero-order valence-corrected chi connectivity index (χ0v) is 14.5. The van der Waals surface area contributed by atoms with Crippen molar-refractivity contribution in [3.63, 3.8) is 0 Å². The summed E-state index contributed by atoms with van der Waals surface area (Å²) in [5.74, 6) is 1.08. The van der Waals surface area contributed by atoms with Crippen LogP contribution in [0.2, 0.25) is 0 Å². The van der Waals surface area contributed by atoms with E-state index in [-0.39, 0.29) is 5.56 Å². The summed E-state index contributed by atoms with van der Waals surface area (Å²) < 4.78 is 2.54. The summed E-state index contributed by atoms with van der Waals surface area (Å²) in [6.07, 6.45) is 2.23. The second kappa shape index (κ2) is 4.85. The normalized spacial score (nSPS) is 15.1. The SMILES string of the molecule is O=c1[nH]c(-c2cc(Br)c(Br)s2)nc(C2CC2)c1Br. The van der Waals surface area contributed by atoms with Crippen molar-refractivity contribution in [1.82, 2.24) is 9.97 Å². The number of nitrogens with zero attached hydrogens (tertiary/aromatic N) is 1. The third-order valence-corrected chi connectivity index (χ3v) is 6.76. The Morgan fingerprint density at radius 2 is 2.06 bits per heavy atom. The Labute approximate surface area is 132 Å². The number of aromatic amines is 1. The molecule has 0 atom stereocenters. The van der Waals surface area contributed by atoms with Gasteiger partial charge in [-0.1, -0.05) is 0 Å². The molecular formula is C11H7Br3N2OS. The van der Waals surface area contributed by atoms with Gasteiger partial charge in [0.15, 0.2) is 5.82 Å². The molecule has 1 fully saturated rings. The maximum Gasteiger partial charge on any atom is 0.265 e. The molecule has 0 amide bonds. The van der Waals surface area contributed by atoms with Crippen LogP contribution in [0.15, 0.2) is 23.6 Å². The Morgan fingerprint density at radius 3 is 2.61 bits per heavy atom. The third kappa shape index (κ3) is 2.37. The first-order valence-electron chi connectivity index (χ1n) is 5.31. The number of hydrogen-bond donors (Lipinski definition) is 1. The lowest BCUT2D eigenvalue weighted by atomic mass is 10.3. The van der Waals surface area contributed by atoms with Crippen molar-refractivity contribution < 1.29 is 0 Å². The minimum atomic E-state index is -0.109. The molecule has 7 heteroatoms. The first-order chi connectivity index (χ1) is 8.56. The van der Waals surface area contributed by atoms with Gasteiger partial charge in [0, 0.05) is 10.4 Å². The maximum absolute atomic E-state index is 11.9. The molecule has 2 aromatic rings. The molecule has 1 N–H and O–H groups in total. The van der Waals surface area contributed by atoms with Crippen LogP contribution >= 0.6 is 59.1 Å². The number of hydrogen-bond acceptors (Lipinski definition) is 3. The highest BCUT2D eigenvalue weighted by molar-refractivity contribution is 9.13. The molecule has 1 aliphatic rings. The Balaban J connectivity index is 2.15. The quantitative estimate of drug-likeness (QED) is 0.717. The van der Waals surface area contributed by atoms with Crippen LogP contribution in [0.1, 0.15) is 24.5 Å². The van der Waals surface area contributed by atoms with Crippen molar-refractivity contribution in [1.29, 1.82) is 0 Å². The Bertz CT molecular complexity index is 656. The summed E-state index contributed by atoms with van der Waals surface area (Å²) >= 11 is 11.8. The molecule has 0 saturated heterocycles. The number of thiophene rings is 1. The van der Waals surface area contributed by atoms with Gasteiger partial charge >= 0.3 is 0 Å². The molecule has 0 bridgehead atoms. The van der Waals surface area contributed by atoms with Crippen LogP contribution in [0.4, 0.5) is 0 Å². The third-order valence-electron chi connectivity index (χ3n) is 2.73. The zero-order chi connectivity index (χ0) is 12.9. The monoisotopic (exact) mass is 452 g/mol. The van der Waals surface area contributed by atoms with E-state index in [0.29, 0.717) is 16.2 Å². The van der Waals surface area contributed by atoms with Gasteiger partial charge in [-0.15, -0.1) is 11.3 Å². The van der Waals surface area contributed by atoms with Gasteiger partial charge in [-0.05, 0) is 66.7 Å². The van der Waals surface area contributed by atoms with E-state index in [4.69, 9.17) is 0 Å². The Kier molecular flexibility index (Phi) is 3.51. The molecule has 2 aromatic heterocycles. The molecule has 94 valence electrons. The minimum absolute atomic E-state index is 0.109. The molecule has 3 nitrogen and oxygen atoms in total. The van der Waals surface area contributed by atoms with Gasteiger partial charge in [0.25, 0.3) is 5.56 Å². The number of nitrogens with one attached hydrogen (secondary N) is 1. The van der Waals surface area contributed by atoms with Gasteiger partial charge in [0.05, 0.1) is 14.4 Å². The van der Waals surface area contributed by atoms with Crippen LogP contribution in [0.25, 0.3) is 10.7 Å². The molecule has 1 saturated carbocycles. The fourth-order valence-corrected chi connectivity index (χ4v) is 4.18. The van der Waals surface area contributed by atoms with E-state index >= 15 is 0 Å². The van der Waals surface area contributed by atoms with Gasteiger partial charge in [-0.25, -0.2) is 4.98 Å².